The quantitative estimate of drug-likeness (QED) is 0.786. The van der Waals surface area contributed by atoms with Crippen LogP contribution >= 0.6 is 0 Å². The second-order valence-electron chi connectivity index (χ2n) is 7.67. The van der Waals surface area contributed by atoms with Gasteiger partial charge < -0.3 is 9.31 Å². The van der Waals surface area contributed by atoms with Crippen LogP contribution in [0.1, 0.15) is 66.3 Å². The van der Waals surface area contributed by atoms with Crippen LogP contribution in [-0.4, -0.2) is 28.1 Å². The SMILES string of the molecule is CC1CCCCC1n1cc(B2OC(C)(C)C(C)(C)O2)cn1. The Bertz CT molecular complexity index is 496. The van der Waals surface area contributed by atoms with Gasteiger partial charge in [0.1, 0.15) is 0 Å². The summed E-state index contributed by atoms with van der Waals surface area (Å²) in [6, 6.07) is 0.523. The van der Waals surface area contributed by atoms with Gasteiger partial charge in [-0.05, 0) is 46.5 Å². The van der Waals surface area contributed by atoms with Crippen molar-refractivity contribution in [1.82, 2.24) is 9.78 Å². The van der Waals surface area contributed by atoms with Gasteiger partial charge in [-0.1, -0.05) is 19.8 Å². The van der Waals surface area contributed by atoms with Crippen LogP contribution in [-0.2, 0) is 9.31 Å². The smallest absolute Gasteiger partial charge is 0.399 e. The summed E-state index contributed by atoms with van der Waals surface area (Å²) in [5.74, 6) is 0.699. The van der Waals surface area contributed by atoms with Crippen molar-refractivity contribution in [2.75, 3.05) is 0 Å². The molecule has 2 heterocycles. The molecule has 1 aromatic rings. The minimum atomic E-state index is -0.303. The Morgan fingerprint density at radius 2 is 1.76 bits per heavy atom. The average molecular weight is 290 g/mol. The number of nitrogens with zero attached hydrogens (tertiary/aromatic N) is 2. The van der Waals surface area contributed by atoms with E-state index in [4.69, 9.17) is 9.31 Å². The Kier molecular flexibility index (Phi) is 3.69. The third kappa shape index (κ3) is 2.66. The Labute approximate surface area is 128 Å². The normalized spacial score (nSPS) is 31.6. The Hall–Kier alpha value is -0.805. The molecular formula is C16H27BN2O2. The van der Waals surface area contributed by atoms with Gasteiger partial charge in [-0.3, -0.25) is 4.68 Å². The zero-order chi connectivity index (χ0) is 15.3. The van der Waals surface area contributed by atoms with Crippen molar-refractivity contribution in [3.8, 4) is 0 Å². The first kappa shape index (κ1) is 15.1. The summed E-state index contributed by atoms with van der Waals surface area (Å²) in [5.41, 5.74) is 0.446. The maximum Gasteiger partial charge on any atom is 0.498 e. The molecular weight excluding hydrogens is 263 g/mol. The first-order valence-corrected chi connectivity index (χ1v) is 8.20. The molecule has 1 saturated heterocycles. The summed E-state index contributed by atoms with van der Waals surface area (Å²) in [5, 5.41) is 4.59. The molecule has 2 unspecified atom stereocenters. The summed E-state index contributed by atoms with van der Waals surface area (Å²) in [6.45, 7) is 10.7. The van der Waals surface area contributed by atoms with E-state index in [2.05, 4.69) is 50.6 Å². The fraction of sp³-hybridized carbons (Fsp3) is 0.812. The minimum Gasteiger partial charge on any atom is -0.399 e. The molecule has 1 aromatic heterocycles. The molecule has 2 fully saturated rings. The van der Waals surface area contributed by atoms with Crippen LogP contribution in [0.4, 0.5) is 0 Å². The van der Waals surface area contributed by atoms with Crippen molar-refractivity contribution < 1.29 is 9.31 Å². The summed E-state index contributed by atoms with van der Waals surface area (Å²) in [4.78, 5) is 0. The lowest BCUT2D eigenvalue weighted by molar-refractivity contribution is 0.00578. The summed E-state index contributed by atoms with van der Waals surface area (Å²) < 4.78 is 14.3. The number of aromatic nitrogens is 2. The van der Waals surface area contributed by atoms with Gasteiger partial charge in [0.15, 0.2) is 0 Å². The summed E-state index contributed by atoms with van der Waals surface area (Å²) in [7, 11) is -0.303. The second-order valence-corrected chi connectivity index (χ2v) is 7.67. The molecule has 1 aliphatic heterocycles. The van der Waals surface area contributed by atoms with Crippen molar-refractivity contribution in [2.45, 2.75) is 77.5 Å². The molecule has 1 saturated carbocycles. The molecule has 4 nitrogen and oxygen atoms in total. The largest absolute Gasteiger partial charge is 0.498 e. The first-order chi connectivity index (χ1) is 9.80. The van der Waals surface area contributed by atoms with E-state index in [1.807, 2.05) is 6.20 Å². The number of rotatable bonds is 2. The lowest BCUT2D eigenvalue weighted by Gasteiger charge is -2.32. The van der Waals surface area contributed by atoms with E-state index >= 15 is 0 Å². The van der Waals surface area contributed by atoms with Gasteiger partial charge in [-0.2, -0.15) is 5.10 Å². The third-order valence-corrected chi connectivity index (χ3v) is 5.55. The van der Waals surface area contributed by atoms with Crippen molar-refractivity contribution >= 4 is 12.6 Å². The van der Waals surface area contributed by atoms with Crippen LogP contribution in [0.25, 0.3) is 0 Å². The molecule has 0 spiro atoms. The molecule has 2 aliphatic rings. The highest BCUT2D eigenvalue weighted by atomic mass is 16.7. The Morgan fingerprint density at radius 1 is 1.14 bits per heavy atom. The van der Waals surface area contributed by atoms with Crippen LogP contribution < -0.4 is 5.46 Å². The lowest BCUT2D eigenvalue weighted by Crippen LogP contribution is -2.41. The average Bonchev–Trinajstić information content (AvgIpc) is 2.94. The van der Waals surface area contributed by atoms with E-state index in [0.717, 1.165) is 5.46 Å². The monoisotopic (exact) mass is 290 g/mol. The molecule has 0 bridgehead atoms. The highest BCUT2D eigenvalue weighted by molar-refractivity contribution is 6.61. The van der Waals surface area contributed by atoms with Gasteiger partial charge in [0.2, 0.25) is 0 Å². The van der Waals surface area contributed by atoms with Gasteiger partial charge >= 0.3 is 7.12 Å². The molecule has 3 rings (SSSR count). The number of hydrogen-bond acceptors (Lipinski definition) is 3. The second kappa shape index (κ2) is 5.13. The first-order valence-electron chi connectivity index (χ1n) is 8.20. The summed E-state index contributed by atoms with van der Waals surface area (Å²) >= 11 is 0. The van der Waals surface area contributed by atoms with Crippen molar-refractivity contribution in [3.05, 3.63) is 12.4 Å². The maximum absolute atomic E-state index is 6.10. The van der Waals surface area contributed by atoms with E-state index < -0.39 is 0 Å². The predicted molar refractivity (Wildman–Crippen MR) is 84.6 cm³/mol. The Balaban J connectivity index is 1.77. The zero-order valence-corrected chi connectivity index (χ0v) is 13.9. The van der Waals surface area contributed by atoms with E-state index in [1.54, 1.807) is 0 Å². The molecule has 5 heteroatoms. The molecule has 0 amide bonds. The highest BCUT2D eigenvalue weighted by Gasteiger charge is 2.52. The van der Waals surface area contributed by atoms with Gasteiger partial charge in [-0.15, -0.1) is 0 Å². The predicted octanol–water partition coefficient (Wildman–Crippen LogP) is 2.93. The van der Waals surface area contributed by atoms with Crippen molar-refractivity contribution in [2.24, 2.45) is 5.92 Å². The standard InChI is InChI=1S/C16H27BN2O2/c1-12-8-6-7-9-14(12)19-11-13(10-18-19)17-20-15(2,3)16(4,5)21-17/h10-12,14H,6-9H2,1-5H3. The topological polar surface area (TPSA) is 36.3 Å². The Morgan fingerprint density at radius 3 is 2.38 bits per heavy atom. The van der Waals surface area contributed by atoms with Crippen molar-refractivity contribution in [3.63, 3.8) is 0 Å². The molecule has 1 aliphatic carbocycles. The summed E-state index contributed by atoms with van der Waals surface area (Å²) in [6.07, 6.45) is 9.21. The lowest BCUT2D eigenvalue weighted by atomic mass is 9.81. The maximum atomic E-state index is 6.10. The molecule has 0 radical (unpaired) electrons. The highest BCUT2D eigenvalue weighted by Crippen LogP contribution is 2.37. The molecule has 0 N–H and O–H groups in total. The van der Waals surface area contributed by atoms with Crippen LogP contribution in [0.5, 0.6) is 0 Å². The van der Waals surface area contributed by atoms with Crippen LogP contribution in [0.15, 0.2) is 12.4 Å². The fourth-order valence-corrected chi connectivity index (χ4v) is 3.32. The van der Waals surface area contributed by atoms with Crippen LogP contribution in [0.2, 0.25) is 0 Å². The third-order valence-electron chi connectivity index (χ3n) is 5.55. The van der Waals surface area contributed by atoms with E-state index in [1.165, 1.54) is 25.7 Å². The van der Waals surface area contributed by atoms with Crippen molar-refractivity contribution in [1.29, 1.82) is 0 Å². The molecule has 116 valence electrons. The molecule has 2 atom stereocenters. The van der Waals surface area contributed by atoms with Gasteiger partial charge in [-0.25, -0.2) is 0 Å². The molecule has 21 heavy (non-hydrogen) atoms. The van der Waals surface area contributed by atoms with E-state index in [-0.39, 0.29) is 18.3 Å². The molecule has 0 aromatic carbocycles. The fourth-order valence-electron chi connectivity index (χ4n) is 3.32. The number of hydrogen-bond donors (Lipinski definition) is 0. The minimum absolute atomic E-state index is 0.294. The van der Waals surface area contributed by atoms with Gasteiger partial charge in [0, 0.05) is 17.9 Å². The van der Waals surface area contributed by atoms with Gasteiger partial charge in [0.25, 0.3) is 0 Å². The van der Waals surface area contributed by atoms with E-state index in [0.29, 0.717) is 12.0 Å². The zero-order valence-electron chi connectivity index (χ0n) is 13.9. The van der Waals surface area contributed by atoms with E-state index in [9.17, 15) is 0 Å². The van der Waals surface area contributed by atoms with Crippen LogP contribution in [0.3, 0.4) is 0 Å². The van der Waals surface area contributed by atoms with Crippen LogP contribution in [0, 0.1) is 5.92 Å². The van der Waals surface area contributed by atoms with Gasteiger partial charge in [0.05, 0.1) is 17.2 Å².